The molecule has 0 saturated carbocycles. The van der Waals surface area contributed by atoms with Crippen molar-refractivity contribution in [2.24, 2.45) is 0 Å². The second-order valence-electron chi connectivity index (χ2n) is 20.9. The number of nitrogens with one attached hydrogen (secondary N) is 1. The minimum Gasteiger partial charge on any atom is -0.394 e. The molecule has 1 rings (SSSR count). The molecule has 1 fully saturated rings. The lowest BCUT2D eigenvalue weighted by atomic mass is 9.99. The molecule has 1 saturated heterocycles. The minimum absolute atomic E-state index is 0.227. The van der Waals surface area contributed by atoms with Gasteiger partial charge in [0.25, 0.3) is 0 Å². The van der Waals surface area contributed by atoms with Crippen molar-refractivity contribution >= 4 is 16.3 Å². The van der Waals surface area contributed by atoms with Crippen LogP contribution in [0.4, 0.5) is 0 Å². The maximum Gasteiger partial charge on any atom is 0.397 e. The monoisotopic (exact) mass is 1030 g/mol. The summed E-state index contributed by atoms with van der Waals surface area (Å²) in [5.41, 5.74) is 0. The van der Waals surface area contributed by atoms with Gasteiger partial charge in [0, 0.05) is 6.42 Å². The van der Waals surface area contributed by atoms with Gasteiger partial charge in [-0.25, -0.2) is 4.18 Å². The minimum atomic E-state index is -5.08. The van der Waals surface area contributed by atoms with Crippen molar-refractivity contribution < 1.29 is 51.8 Å². The quantitative estimate of drug-likeness (QED) is 0.0193. The van der Waals surface area contributed by atoms with E-state index in [9.17, 15) is 38.2 Å². The lowest BCUT2D eigenvalue weighted by Crippen LogP contribution is -2.61. The first kappa shape index (κ1) is 67.6. The predicted octanol–water partition coefficient (Wildman–Crippen LogP) is 14.0. The van der Waals surface area contributed by atoms with Crippen LogP contribution in [0.1, 0.15) is 284 Å². The largest absolute Gasteiger partial charge is 0.397 e. The fourth-order valence-corrected chi connectivity index (χ4v) is 10.2. The molecule has 0 aromatic heterocycles. The molecule has 0 radical (unpaired) electrons. The number of rotatable bonds is 52. The first-order valence-corrected chi connectivity index (χ1v) is 31.1. The highest BCUT2D eigenvalue weighted by Crippen LogP contribution is 2.26. The number of allylic oxidation sites excluding steroid dienone is 4. The lowest BCUT2D eigenvalue weighted by molar-refractivity contribution is -0.298. The summed E-state index contributed by atoms with van der Waals surface area (Å²) >= 11 is 0. The molecular formula is C58H111NO11S. The highest BCUT2D eigenvalue weighted by atomic mass is 32.3. The fourth-order valence-electron chi connectivity index (χ4n) is 9.67. The van der Waals surface area contributed by atoms with Crippen LogP contribution in [0, 0.1) is 0 Å². The van der Waals surface area contributed by atoms with Crippen molar-refractivity contribution in [3.63, 3.8) is 0 Å². The van der Waals surface area contributed by atoms with Gasteiger partial charge in [-0.3, -0.25) is 9.35 Å². The molecule has 7 atom stereocenters. The van der Waals surface area contributed by atoms with Crippen LogP contribution in [0.15, 0.2) is 24.3 Å². The number of ether oxygens (including phenoxy) is 2. The second kappa shape index (κ2) is 48.2. The number of carbonyl (C=O) groups is 1. The number of hydrogen-bond acceptors (Lipinski definition) is 10. The normalized spacial score (nSPS) is 19.6. The van der Waals surface area contributed by atoms with E-state index in [0.29, 0.717) is 12.8 Å². The van der Waals surface area contributed by atoms with E-state index in [1.165, 1.54) is 199 Å². The molecule has 13 heteroatoms. The molecule has 0 aromatic carbocycles. The zero-order chi connectivity index (χ0) is 51.9. The third-order valence-corrected chi connectivity index (χ3v) is 14.7. The fraction of sp³-hybridized carbons (Fsp3) is 0.914. The topological polar surface area (TPSA) is 192 Å². The zero-order valence-corrected chi connectivity index (χ0v) is 46.4. The van der Waals surface area contributed by atoms with E-state index in [0.717, 1.165) is 57.8 Å². The molecule has 1 heterocycles. The third-order valence-electron chi connectivity index (χ3n) is 14.3. The van der Waals surface area contributed by atoms with Crippen molar-refractivity contribution in [3.05, 3.63) is 24.3 Å². The van der Waals surface area contributed by atoms with Crippen LogP contribution in [0.2, 0.25) is 0 Å². The van der Waals surface area contributed by atoms with Gasteiger partial charge in [-0.15, -0.1) is 0 Å². The van der Waals surface area contributed by atoms with E-state index in [1.54, 1.807) is 0 Å². The summed E-state index contributed by atoms with van der Waals surface area (Å²) in [6.07, 6.45) is 50.5. The van der Waals surface area contributed by atoms with Gasteiger partial charge >= 0.3 is 10.4 Å². The van der Waals surface area contributed by atoms with Gasteiger partial charge in [-0.05, 0) is 44.9 Å². The molecule has 1 aliphatic rings. The Balaban J connectivity index is 2.28. The van der Waals surface area contributed by atoms with Gasteiger partial charge < -0.3 is 35.2 Å². The van der Waals surface area contributed by atoms with Crippen LogP contribution in [-0.2, 0) is 28.9 Å². The average molecular weight is 1030 g/mol. The molecule has 1 aliphatic heterocycles. The van der Waals surface area contributed by atoms with Gasteiger partial charge in [-0.1, -0.05) is 256 Å². The Morgan fingerprint density at radius 2 is 0.944 bits per heavy atom. The van der Waals surface area contributed by atoms with Crippen LogP contribution in [-0.4, -0.2) is 95.4 Å². The second-order valence-corrected chi connectivity index (χ2v) is 22.0. The average Bonchev–Trinajstić information content (AvgIpc) is 3.34. The van der Waals surface area contributed by atoms with Crippen LogP contribution < -0.4 is 5.32 Å². The van der Waals surface area contributed by atoms with Crippen LogP contribution in [0.3, 0.4) is 0 Å². The predicted molar refractivity (Wildman–Crippen MR) is 292 cm³/mol. The summed E-state index contributed by atoms with van der Waals surface area (Å²) in [6.45, 7) is 3.48. The summed E-state index contributed by atoms with van der Waals surface area (Å²) in [5, 5.41) is 45.1. The van der Waals surface area contributed by atoms with Crippen LogP contribution in [0.5, 0.6) is 0 Å². The molecule has 71 heavy (non-hydrogen) atoms. The van der Waals surface area contributed by atoms with Gasteiger partial charge in [0.1, 0.15) is 24.4 Å². The summed E-state index contributed by atoms with van der Waals surface area (Å²) < 4.78 is 47.9. The van der Waals surface area contributed by atoms with E-state index in [1.807, 2.05) is 0 Å². The lowest BCUT2D eigenvalue weighted by Gasteiger charge is -2.41. The molecule has 12 nitrogen and oxygen atoms in total. The molecular weight excluding hydrogens is 919 g/mol. The highest BCUT2D eigenvalue weighted by molar-refractivity contribution is 7.80. The van der Waals surface area contributed by atoms with Gasteiger partial charge in [0.05, 0.1) is 25.4 Å². The Hall–Kier alpha value is -1.42. The van der Waals surface area contributed by atoms with E-state index in [4.69, 9.17) is 9.47 Å². The molecule has 0 bridgehead atoms. The molecule has 420 valence electrons. The van der Waals surface area contributed by atoms with E-state index in [2.05, 4.69) is 47.7 Å². The van der Waals surface area contributed by atoms with Gasteiger partial charge in [0.15, 0.2) is 6.29 Å². The maximum atomic E-state index is 13.1. The number of amides is 1. The Bertz CT molecular complexity index is 1350. The van der Waals surface area contributed by atoms with Crippen molar-refractivity contribution in [2.45, 2.75) is 326 Å². The van der Waals surface area contributed by atoms with Crippen LogP contribution >= 0.6 is 0 Å². The smallest absolute Gasteiger partial charge is 0.394 e. The third kappa shape index (κ3) is 40.6. The summed E-state index contributed by atoms with van der Waals surface area (Å²) in [5.74, 6) is -0.227. The maximum absolute atomic E-state index is 13.1. The zero-order valence-electron chi connectivity index (χ0n) is 45.6. The number of carbonyl (C=O) groups excluding carboxylic acids is 1. The molecule has 0 spiro atoms. The first-order valence-electron chi connectivity index (χ1n) is 29.7. The Morgan fingerprint density at radius 1 is 0.563 bits per heavy atom. The highest BCUT2D eigenvalue weighted by Gasteiger charge is 2.48. The molecule has 0 aliphatic carbocycles. The Kier molecular flexibility index (Phi) is 45.9. The summed E-state index contributed by atoms with van der Waals surface area (Å²) in [7, 11) is -5.08. The summed E-state index contributed by atoms with van der Waals surface area (Å²) in [4.78, 5) is 13.1. The number of hydrogen-bond donors (Lipinski definition) is 6. The first-order chi connectivity index (χ1) is 34.5. The van der Waals surface area contributed by atoms with Crippen molar-refractivity contribution in [2.75, 3.05) is 13.2 Å². The van der Waals surface area contributed by atoms with Crippen molar-refractivity contribution in [1.29, 1.82) is 0 Å². The van der Waals surface area contributed by atoms with Crippen LogP contribution in [0.25, 0.3) is 0 Å². The van der Waals surface area contributed by atoms with E-state index in [-0.39, 0.29) is 12.5 Å². The summed E-state index contributed by atoms with van der Waals surface area (Å²) in [6, 6.07) is -0.857. The molecule has 6 N–H and O–H groups in total. The number of unbranched alkanes of at least 4 members (excludes halogenated alkanes) is 36. The molecule has 7 unspecified atom stereocenters. The number of aliphatic hydroxyl groups excluding tert-OH is 4. The standard InChI is InChI=1S/C58H111NO11S/c1-3-5-7-9-11-13-15-17-19-20-21-22-23-24-25-26-27-28-29-30-31-32-34-36-38-40-42-44-46-48-54(62)59-51(50-68-58-56(64)57(70-71(65,66)67)55(63)53(49-60)69-58)52(61)47-45-43-41-39-37-35-33-18-16-14-12-10-8-6-4-2/h21-22,24-25,51-53,55-58,60-61,63-64H,3-20,23,26-50H2,1-2H3,(H,59,62)(H,65,66,67)/b22-21-,25-24-. The Morgan fingerprint density at radius 3 is 1.34 bits per heavy atom. The molecule has 0 aromatic rings. The van der Waals surface area contributed by atoms with E-state index < -0.39 is 59.9 Å². The van der Waals surface area contributed by atoms with Crippen molar-refractivity contribution in [1.82, 2.24) is 5.32 Å². The molecule has 1 amide bonds. The van der Waals surface area contributed by atoms with Crippen molar-refractivity contribution in [3.8, 4) is 0 Å². The van der Waals surface area contributed by atoms with E-state index >= 15 is 0 Å². The SMILES string of the molecule is CCCCCCCCCCC/C=C\C/C=C\CCCCCCCCCCCCCCCC(=O)NC(COC1OC(CO)C(O)C(OS(=O)(=O)O)C1O)C(O)CCCCCCCCCCCCCCCCC. The number of aliphatic hydroxyl groups is 4. The van der Waals surface area contributed by atoms with Gasteiger partial charge in [0.2, 0.25) is 5.91 Å². The Labute approximate surface area is 435 Å². The van der Waals surface area contributed by atoms with Gasteiger partial charge in [-0.2, -0.15) is 8.42 Å².